The first-order chi connectivity index (χ1) is 16.8. The summed E-state index contributed by atoms with van der Waals surface area (Å²) in [6.45, 7) is 1.87. The van der Waals surface area contributed by atoms with Crippen LogP contribution in [-0.2, 0) is 26.3 Å². The Morgan fingerprint density at radius 3 is 2.51 bits per heavy atom. The van der Waals surface area contributed by atoms with Crippen LogP contribution in [0, 0.1) is 24.6 Å². The van der Waals surface area contributed by atoms with Gasteiger partial charge in [-0.25, -0.2) is 9.29 Å². The number of hydrogen-bond acceptors (Lipinski definition) is 5. The van der Waals surface area contributed by atoms with Gasteiger partial charge < -0.3 is 10.4 Å². The lowest BCUT2D eigenvalue weighted by Crippen LogP contribution is -2.53. The van der Waals surface area contributed by atoms with Crippen molar-refractivity contribution in [2.75, 3.05) is 10.2 Å². The van der Waals surface area contributed by atoms with E-state index in [1.54, 1.807) is 42.5 Å². The predicted octanol–water partition coefficient (Wildman–Crippen LogP) is 3.01. The number of hydrogen-bond donors (Lipinski definition) is 3. The van der Waals surface area contributed by atoms with Gasteiger partial charge in [-0.3, -0.25) is 19.7 Å². The molecule has 0 saturated carbocycles. The lowest BCUT2D eigenvalue weighted by molar-refractivity contribution is -0.130. The Balaban J connectivity index is 1.50. The Morgan fingerprint density at radius 1 is 1.00 bits per heavy atom. The average molecular weight is 471 g/mol. The number of amides is 3. The number of nitrogens with one attached hydrogen (secondary N) is 2. The lowest BCUT2D eigenvalue weighted by atomic mass is 9.76. The SMILES string of the molecule is Cc1cccc(N2C(=O)[C@@H]3C(Cc4ccc(O)cc4)NC4(C(=O)Nc5ccc(F)cc54)[C@@H]3C2=O)c1. The average Bonchev–Trinajstić information content (AvgIpc) is 3.40. The van der Waals surface area contributed by atoms with Gasteiger partial charge >= 0.3 is 0 Å². The molecule has 3 amide bonds. The summed E-state index contributed by atoms with van der Waals surface area (Å²) in [7, 11) is 0. The highest BCUT2D eigenvalue weighted by Gasteiger charge is 2.70. The summed E-state index contributed by atoms with van der Waals surface area (Å²) in [5, 5.41) is 15.7. The highest BCUT2D eigenvalue weighted by Crippen LogP contribution is 2.54. The van der Waals surface area contributed by atoms with E-state index in [9.17, 15) is 23.9 Å². The van der Waals surface area contributed by atoms with Crippen LogP contribution in [0.15, 0.2) is 66.7 Å². The van der Waals surface area contributed by atoms with E-state index in [4.69, 9.17) is 0 Å². The van der Waals surface area contributed by atoms with E-state index in [0.717, 1.165) is 11.1 Å². The standard InChI is InChI=1S/C27H22FN3O4/c1-14-3-2-4-17(11-14)31-24(33)22-21(12-15-5-8-18(32)9-6-15)30-27(23(22)25(31)34)19-13-16(28)7-10-20(19)29-26(27)35/h2-11,13,21-23,30,32H,12H2,1H3,(H,29,35)/t21?,22-,23+,27?/m1/s1. The number of nitrogens with zero attached hydrogens (tertiary/aromatic N) is 1. The molecule has 0 aliphatic carbocycles. The number of carbonyl (C=O) groups is 3. The highest BCUT2D eigenvalue weighted by atomic mass is 19.1. The zero-order valence-electron chi connectivity index (χ0n) is 18.8. The van der Waals surface area contributed by atoms with Gasteiger partial charge in [-0.15, -0.1) is 0 Å². The van der Waals surface area contributed by atoms with Crippen molar-refractivity contribution in [3.63, 3.8) is 0 Å². The number of fused-ring (bicyclic) bond motifs is 4. The molecule has 1 spiro atoms. The van der Waals surface area contributed by atoms with Crippen LogP contribution in [-0.4, -0.2) is 28.9 Å². The third-order valence-corrected chi connectivity index (χ3v) is 7.33. The zero-order chi connectivity index (χ0) is 24.5. The van der Waals surface area contributed by atoms with Crippen molar-refractivity contribution in [2.24, 2.45) is 11.8 Å². The molecule has 2 saturated heterocycles. The van der Waals surface area contributed by atoms with E-state index in [1.165, 1.54) is 23.1 Å². The van der Waals surface area contributed by atoms with Gasteiger partial charge in [0, 0.05) is 17.3 Å². The van der Waals surface area contributed by atoms with Crippen molar-refractivity contribution in [3.05, 3.63) is 89.2 Å². The molecule has 3 aliphatic rings. The van der Waals surface area contributed by atoms with Gasteiger partial charge in [-0.05, 0) is 66.9 Å². The first kappa shape index (κ1) is 21.5. The fourth-order valence-electron chi connectivity index (χ4n) is 5.86. The van der Waals surface area contributed by atoms with Crippen LogP contribution in [0.2, 0.25) is 0 Å². The molecule has 176 valence electrons. The number of rotatable bonds is 3. The minimum atomic E-state index is -1.57. The molecule has 7 nitrogen and oxygen atoms in total. The summed E-state index contributed by atoms with van der Waals surface area (Å²) >= 11 is 0. The highest BCUT2D eigenvalue weighted by molar-refractivity contribution is 6.25. The summed E-state index contributed by atoms with van der Waals surface area (Å²) in [6.07, 6.45) is 0.335. The van der Waals surface area contributed by atoms with E-state index in [2.05, 4.69) is 10.6 Å². The van der Waals surface area contributed by atoms with Gasteiger partial charge in [-0.2, -0.15) is 0 Å². The van der Waals surface area contributed by atoms with Crippen LogP contribution in [0.5, 0.6) is 5.75 Å². The van der Waals surface area contributed by atoms with Gasteiger partial charge in [0.15, 0.2) is 0 Å². The van der Waals surface area contributed by atoms with Crippen molar-refractivity contribution in [1.29, 1.82) is 0 Å². The van der Waals surface area contributed by atoms with Crippen LogP contribution >= 0.6 is 0 Å². The number of imide groups is 1. The molecule has 6 rings (SSSR count). The molecule has 0 bridgehead atoms. The molecular weight excluding hydrogens is 449 g/mol. The number of aromatic hydroxyl groups is 1. The second-order valence-electron chi connectivity index (χ2n) is 9.43. The Labute approximate surface area is 200 Å². The molecule has 4 atom stereocenters. The summed E-state index contributed by atoms with van der Waals surface area (Å²) < 4.78 is 14.4. The zero-order valence-corrected chi connectivity index (χ0v) is 18.8. The fraction of sp³-hybridized carbons (Fsp3) is 0.222. The largest absolute Gasteiger partial charge is 0.508 e. The smallest absolute Gasteiger partial charge is 0.250 e. The van der Waals surface area contributed by atoms with Gasteiger partial charge in [0.25, 0.3) is 0 Å². The number of aryl methyl sites for hydroxylation is 1. The summed E-state index contributed by atoms with van der Waals surface area (Å²) in [6, 6.07) is 17.1. The van der Waals surface area contributed by atoms with Gasteiger partial charge in [0.1, 0.15) is 17.1 Å². The van der Waals surface area contributed by atoms with E-state index in [-0.39, 0.29) is 5.75 Å². The molecule has 3 heterocycles. The Bertz CT molecular complexity index is 1410. The monoisotopic (exact) mass is 471 g/mol. The predicted molar refractivity (Wildman–Crippen MR) is 126 cm³/mol. The minimum Gasteiger partial charge on any atom is -0.508 e. The third-order valence-electron chi connectivity index (χ3n) is 7.33. The Kier molecular flexibility index (Phi) is 4.59. The molecule has 3 aromatic carbocycles. The molecule has 0 radical (unpaired) electrons. The molecule has 3 N–H and O–H groups in total. The molecule has 2 fully saturated rings. The maximum atomic E-state index is 14.4. The molecule has 3 aromatic rings. The van der Waals surface area contributed by atoms with Gasteiger partial charge in [0.05, 0.1) is 17.5 Å². The van der Waals surface area contributed by atoms with E-state index in [1.807, 2.05) is 13.0 Å². The fourth-order valence-corrected chi connectivity index (χ4v) is 5.86. The van der Waals surface area contributed by atoms with Crippen LogP contribution in [0.3, 0.4) is 0 Å². The molecule has 8 heteroatoms. The third kappa shape index (κ3) is 3.03. The van der Waals surface area contributed by atoms with E-state index < -0.39 is 47.0 Å². The van der Waals surface area contributed by atoms with Crippen molar-refractivity contribution in [2.45, 2.75) is 24.9 Å². The topological polar surface area (TPSA) is 98.7 Å². The first-order valence-corrected chi connectivity index (χ1v) is 11.4. The van der Waals surface area contributed by atoms with Gasteiger partial charge in [0.2, 0.25) is 17.7 Å². The number of phenols is 1. The Morgan fingerprint density at radius 2 is 1.77 bits per heavy atom. The van der Waals surface area contributed by atoms with Crippen molar-refractivity contribution in [1.82, 2.24) is 5.32 Å². The summed E-state index contributed by atoms with van der Waals surface area (Å²) in [5.74, 6) is -3.66. The second kappa shape index (κ2) is 7.48. The lowest BCUT2D eigenvalue weighted by Gasteiger charge is -2.29. The minimum absolute atomic E-state index is 0.111. The number of anilines is 2. The van der Waals surface area contributed by atoms with Crippen LogP contribution in [0.4, 0.5) is 15.8 Å². The quantitative estimate of drug-likeness (QED) is 0.510. The number of carbonyl (C=O) groups excluding carboxylic acids is 3. The molecule has 2 unspecified atom stereocenters. The van der Waals surface area contributed by atoms with Crippen molar-refractivity contribution in [3.8, 4) is 5.75 Å². The normalized spacial score (nSPS) is 26.9. The molecular formula is C27H22FN3O4. The first-order valence-electron chi connectivity index (χ1n) is 11.4. The number of phenolic OH excluding ortho intramolecular Hbond substituents is 1. The summed E-state index contributed by atoms with van der Waals surface area (Å²) in [4.78, 5) is 42.4. The number of benzene rings is 3. The maximum absolute atomic E-state index is 14.4. The van der Waals surface area contributed by atoms with E-state index in [0.29, 0.717) is 23.4 Å². The van der Waals surface area contributed by atoms with Crippen LogP contribution in [0.25, 0.3) is 0 Å². The Hall–Kier alpha value is -4.04. The van der Waals surface area contributed by atoms with E-state index >= 15 is 0 Å². The summed E-state index contributed by atoms with van der Waals surface area (Å²) in [5.41, 5.74) is 1.34. The van der Waals surface area contributed by atoms with Crippen molar-refractivity contribution < 1.29 is 23.9 Å². The molecule has 0 aromatic heterocycles. The second-order valence-corrected chi connectivity index (χ2v) is 9.43. The molecule has 3 aliphatic heterocycles. The van der Waals surface area contributed by atoms with Crippen LogP contribution in [0.1, 0.15) is 16.7 Å². The molecule has 35 heavy (non-hydrogen) atoms. The van der Waals surface area contributed by atoms with Crippen LogP contribution < -0.4 is 15.5 Å². The van der Waals surface area contributed by atoms with Gasteiger partial charge in [-0.1, -0.05) is 24.3 Å². The maximum Gasteiger partial charge on any atom is 0.250 e. The number of halogens is 1. The van der Waals surface area contributed by atoms with Crippen molar-refractivity contribution >= 4 is 29.1 Å².